The largest absolute Gasteiger partial charge is 0.491 e. The average molecular weight is 185 g/mol. The van der Waals surface area contributed by atoms with E-state index in [1.165, 1.54) is 0 Å². The Balaban J connectivity index is 1.80. The third kappa shape index (κ3) is 1.90. The summed E-state index contributed by atoms with van der Waals surface area (Å²) in [7, 11) is 0. The zero-order valence-electron chi connectivity index (χ0n) is 6.44. The van der Waals surface area contributed by atoms with E-state index in [1.54, 1.807) is 0 Å². The van der Waals surface area contributed by atoms with E-state index < -0.39 is 0 Å². The Morgan fingerprint density at radius 1 is 1.33 bits per heavy atom. The second-order valence-corrected chi connectivity index (χ2v) is 3.08. The van der Waals surface area contributed by atoms with E-state index in [0.29, 0.717) is 6.61 Å². The van der Waals surface area contributed by atoms with Crippen molar-refractivity contribution in [3.8, 4) is 5.75 Å². The molecule has 0 aliphatic carbocycles. The first-order valence-electron chi connectivity index (χ1n) is 3.83. The number of alkyl halides is 1. The van der Waals surface area contributed by atoms with Gasteiger partial charge in [0.05, 0.1) is 0 Å². The zero-order valence-corrected chi connectivity index (χ0v) is 7.20. The van der Waals surface area contributed by atoms with Gasteiger partial charge in [-0.05, 0) is 12.1 Å². The summed E-state index contributed by atoms with van der Waals surface area (Å²) in [5, 5.41) is 0. The minimum atomic E-state index is -0.145. The molecule has 0 amide bonds. The van der Waals surface area contributed by atoms with Gasteiger partial charge in [0.15, 0.2) is 5.56 Å². The molecule has 0 bridgehead atoms. The van der Waals surface area contributed by atoms with E-state index in [1.807, 2.05) is 30.3 Å². The summed E-state index contributed by atoms with van der Waals surface area (Å²) in [5.74, 6) is 0.858. The standard InChI is InChI=1S/C9H9ClO2/c10-9-8(12-9)6-11-7-4-2-1-3-5-7/h1-5,8-9H,6H2/t8-,9?/m0/s1. The van der Waals surface area contributed by atoms with Crippen molar-refractivity contribution < 1.29 is 9.47 Å². The number of benzene rings is 1. The van der Waals surface area contributed by atoms with Gasteiger partial charge in [0, 0.05) is 0 Å². The maximum Gasteiger partial charge on any atom is 0.161 e. The third-order valence-corrected chi connectivity index (χ3v) is 2.06. The van der Waals surface area contributed by atoms with Gasteiger partial charge in [-0.25, -0.2) is 0 Å². The molecule has 2 rings (SSSR count). The van der Waals surface area contributed by atoms with Gasteiger partial charge in [-0.3, -0.25) is 0 Å². The molecule has 0 spiro atoms. The number of rotatable bonds is 3. The highest BCUT2D eigenvalue weighted by molar-refractivity contribution is 6.21. The zero-order chi connectivity index (χ0) is 8.39. The Kier molecular flexibility index (Phi) is 2.19. The van der Waals surface area contributed by atoms with Gasteiger partial charge in [0.1, 0.15) is 18.5 Å². The van der Waals surface area contributed by atoms with Crippen LogP contribution in [0.5, 0.6) is 5.75 Å². The molecular weight excluding hydrogens is 176 g/mol. The van der Waals surface area contributed by atoms with Crippen LogP contribution in [0.3, 0.4) is 0 Å². The third-order valence-electron chi connectivity index (χ3n) is 1.68. The number of para-hydroxylation sites is 1. The minimum absolute atomic E-state index is 0.0758. The fraction of sp³-hybridized carbons (Fsp3) is 0.333. The summed E-state index contributed by atoms with van der Waals surface area (Å²) >= 11 is 5.62. The van der Waals surface area contributed by atoms with Gasteiger partial charge in [-0.1, -0.05) is 29.8 Å². The number of ether oxygens (including phenoxy) is 2. The van der Waals surface area contributed by atoms with Crippen LogP contribution in [0.1, 0.15) is 0 Å². The van der Waals surface area contributed by atoms with Crippen molar-refractivity contribution in [3.05, 3.63) is 30.3 Å². The second kappa shape index (κ2) is 3.33. The average Bonchev–Trinajstić information content (AvgIpc) is 2.81. The lowest BCUT2D eigenvalue weighted by Crippen LogP contribution is -2.05. The molecule has 3 heteroatoms. The van der Waals surface area contributed by atoms with Crippen LogP contribution in [0.4, 0.5) is 0 Å². The van der Waals surface area contributed by atoms with Gasteiger partial charge in [0.2, 0.25) is 0 Å². The van der Waals surface area contributed by atoms with Crippen LogP contribution in [-0.4, -0.2) is 18.3 Å². The molecule has 0 saturated carbocycles. The predicted octanol–water partition coefficient (Wildman–Crippen LogP) is 2.03. The first-order chi connectivity index (χ1) is 5.86. The van der Waals surface area contributed by atoms with Crippen molar-refractivity contribution in [2.75, 3.05) is 6.61 Å². The molecule has 2 atom stereocenters. The fourth-order valence-electron chi connectivity index (χ4n) is 0.932. The van der Waals surface area contributed by atoms with Gasteiger partial charge in [0.25, 0.3) is 0 Å². The van der Waals surface area contributed by atoms with Crippen LogP contribution in [0.2, 0.25) is 0 Å². The molecule has 64 valence electrons. The molecule has 2 nitrogen and oxygen atoms in total. The summed E-state index contributed by atoms with van der Waals surface area (Å²) in [6.07, 6.45) is 0.0758. The molecule has 1 saturated heterocycles. The molecule has 0 aromatic heterocycles. The van der Waals surface area contributed by atoms with Crippen LogP contribution >= 0.6 is 11.6 Å². The molecule has 1 aromatic rings. The maximum atomic E-state index is 5.62. The van der Waals surface area contributed by atoms with Crippen LogP contribution in [0.25, 0.3) is 0 Å². The normalized spacial score (nSPS) is 26.8. The van der Waals surface area contributed by atoms with E-state index in [9.17, 15) is 0 Å². The Morgan fingerprint density at radius 2 is 2.00 bits per heavy atom. The number of hydrogen-bond acceptors (Lipinski definition) is 2. The van der Waals surface area contributed by atoms with Gasteiger partial charge in [-0.2, -0.15) is 0 Å². The van der Waals surface area contributed by atoms with Crippen LogP contribution < -0.4 is 4.74 Å². The van der Waals surface area contributed by atoms with E-state index in [-0.39, 0.29) is 11.7 Å². The quantitative estimate of drug-likeness (QED) is 0.530. The van der Waals surface area contributed by atoms with E-state index >= 15 is 0 Å². The molecule has 1 fully saturated rings. The number of halogens is 1. The van der Waals surface area contributed by atoms with Gasteiger partial charge >= 0.3 is 0 Å². The molecule has 1 aliphatic heterocycles. The van der Waals surface area contributed by atoms with Crippen molar-refractivity contribution in [3.63, 3.8) is 0 Å². The van der Waals surface area contributed by atoms with Crippen LogP contribution in [-0.2, 0) is 4.74 Å². The van der Waals surface area contributed by atoms with Crippen molar-refractivity contribution >= 4 is 11.6 Å². The minimum Gasteiger partial charge on any atom is -0.491 e. The van der Waals surface area contributed by atoms with E-state index in [0.717, 1.165) is 5.75 Å². The van der Waals surface area contributed by atoms with Crippen molar-refractivity contribution in [1.29, 1.82) is 0 Å². The Labute approximate surface area is 76.1 Å². The fourth-order valence-corrected chi connectivity index (χ4v) is 1.14. The lowest BCUT2D eigenvalue weighted by atomic mass is 10.3. The summed E-state index contributed by atoms with van der Waals surface area (Å²) in [4.78, 5) is 0. The molecule has 1 heterocycles. The van der Waals surface area contributed by atoms with E-state index in [4.69, 9.17) is 21.1 Å². The lowest BCUT2D eigenvalue weighted by molar-refractivity contribution is 0.262. The highest BCUT2D eigenvalue weighted by Crippen LogP contribution is 2.26. The monoisotopic (exact) mass is 184 g/mol. The molecule has 1 aliphatic rings. The summed E-state index contributed by atoms with van der Waals surface area (Å²) in [5.41, 5.74) is -0.145. The van der Waals surface area contributed by atoms with Gasteiger partial charge in [-0.15, -0.1) is 0 Å². The Morgan fingerprint density at radius 3 is 2.58 bits per heavy atom. The van der Waals surface area contributed by atoms with Crippen molar-refractivity contribution in [1.82, 2.24) is 0 Å². The van der Waals surface area contributed by atoms with Crippen molar-refractivity contribution in [2.45, 2.75) is 11.7 Å². The maximum absolute atomic E-state index is 5.62. The SMILES string of the molecule is ClC1O[C@H]1COc1ccccc1. The topological polar surface area (TPSA) is 21.8 Å². The Bertz CT molecular complexity index is 250. The highest BCUT2D eigenvalue weighted by Gasteiger charge is 2.37. The first kappa shape index (κ1) is 7.90. The molecule has 1 aromatic carbocycles. The van der Waals surface area contributed by atoms with Crippen LogP contribution in [0.15, 0.2) is 30.3 Å². The number of epoxide rings is 1. The molecule has 0 N–H and O–H groups in total. The van der Waals surface area contributed by atoms with E-state index in [2.05, 4.69) is 0 Å². The predicted molar refractivity (Wildman–Crippen MR) is 46.5 cm³/mol. The summed E-state index contributed by atoms with van der Waals surface area (Å²) in [6.45, 7) is 0.540. The Hall–Kier alpha value is -0.730. The molecule has 1 unspecified atom stereocenters. The van der Waals surface area contributed by atoms with Gasteiger partial charge < -0.3 is 9.47 Å². The molecule has 0 radical (unpaired) electrons. The summed E-state index contributed by atoms with van der Waals surface area (Å²) < 4.78 is 10.4. The van der Waals surface area contributed by atoms with Crippen molar-refractivity contribution in [2.24, 2.45) is 0 Å². The summed E-state index contributed by atoms with van der Waals surface area (Å²) in [6, 6.07) is 9.63. The molecular formula is C9H9ClO2. The smallest absolute Gasteiger partial charge is 0.161 e. The number of hydrogen-bond donors (Lipinski definition) is 0. The highest BCUT2D eigenvalue weighted by atomic mass is 35.5. The first-order valence-corrected chi connectivity index (χ1v) is 4.27. The lowest BCUT2D eigenvalue weighted by Gasteiger charge is -2.01. The second-order valence-electron chi connectivity index (χ2n) is 2.65. The molecule has 12 heavy (non-hydrogen) atoms. The van der Waals surface area contributed by atoms with Crippen LogP contribution in [0, 0.1) is 0 Å².